The molecule has 0 unspecified atom stereocenters. The van der Waals surface area contributed by atoms with Crippen LogP contribution in [-0.2, 0) is 11.1 Å². The van der Waals surface area contributed by atoms with Crippen LogP contribution in [0, 0.1) is 0 Å². The van der Waals surface area contributed by atoms with E-state index in [9.17, 15) is 9.36 Å². The predicted octanol–water partition coefficient (Wildman–Crippen LogP) is 5.81. The molecular weight excluding hydrogens is 427 g/mol. The summed E-state index contributed by atoms with van der Waals surface area (Å²) >= 11 is 0. The Morgan fingerprint density at radius 2 is 1.21 bits per heavy atom. The fourth-order valence-electron chi connectivity index (χ4n) is 3.44. The van der Waals surface area contributed by atoms with Crippen LogP contribution in [0.15, 0.2) is 127 Å². The molecule has 0 fully saturated rings. The Hall–Kier alpha value is -3.72. The fraction of sp³-hybridized carbons (Fsp3) is 0.0357. The van der Waals surface area contributed by atoms with E-state index in [1.165, 1.54) is 0 Å². The zero-order valence-corrected chi connectivity index (χ0v) is 19.0. The number of hydrogen-bond acceptors (Lipinski definition) is 2. The van der Waals surface area contributed by atoms with E-state index in [0.29, 0.717) is 22.9 Å². The van der Waals surface area contributed by atoms with Crippen molar-refractivity contribution in [3.05, 3.63) is 143 Å². The standard InChI is InChI=1S/C28H25N2O2P/c31-28(25-17-9-3-10-18-25)30-27(21-23-13-5-1-6-14-23)33(32,26-19-11-4-12-20-26)29-22-24-15-7-2-8-16-24/h1-21H,22H2,(H,29,32)(H,30,31)/b27-21-/t33-/m1/s1. The molecule has 0 spiro atoms. The molecule has 4 aromatic rings. The van der Waals surface area contributed by atoms with Gasteiger partial charge in [-0.25, -0.2) is 0 Å². The molecule has 33 heavy (non-hydrogen) atoms. The molecule has 164 valence electrons. The van der Waals surface area contributed by atoms with Crippen molar-refractivity contribution in [3.63, 3.8) is 0 Å². The van der Waals surface area contributed by atoms with E-state index in [-0.39, 0.29) is 5.91 Å². The molecule has 0 aliphatic rings. The molecule has 4 nitrogen and oxygen atoms in total. The van der Waals surface area contributed by atoms with Gasteiger partial charge in [-0.2, -0.15) is 0 Å². The Labute approximate surface area is 194 Å². The van der Waals surface area contributed by atoms with Crippen LogP contribution in [0.2, 0.25) is 0 Å². The van der Waals surface area contributed by atoms with Crippen LogP contribution < -0.4 is 15.7 Å². The van der Waals surface area contributed by atoms with Crippen molar-refractivity contribution >= 4 is 24.6 Å². The van der Waals surface area contributed by atoms with Crippen molar-refractivity contribution in [1.82, 2.24) is 10.4 Å². The lowest BCUT2D eigenvalue weighted by atomic mass is 10.2. The predicted molar refractivity (Wildman–Crippen MR) is 135 cm³/mol. The highest BCUT2D eigenvalue weighted by Crippen LogP contribution is 2.48. The molecule has 0 aliphatic carbocycles. The fourth-order valence-corrected chi connectivity index (χ4v) is 5.66. The molecule has 5 heteroatoms. The average molecular weight is 452 g/mol. The van der Waals surface area contributed by atoms with E-state index in [2.05, 4.69) is 10.4 Å². The number of nitrogens with one attached hydrogen (secondary N) is 2. The highest BCUT2D eigenvalue weighted by molar-refractivity contribution is 7.73. The summed E-state index contributed by atoms with van der Waals surface area (Å²) in [6.07, 6.45) is 1.78. The van der Waals surface area contributed by atoms with Gasteiger partial charge in [0, 0.05) is 17.4 Å². The summed E-state index contributed by atoms with van der Waals surface area (Å²) in [6, 6.07) is 37.5. The van der Waals surface area contributed by atoms with Crippen LogP contribution in [0.25, 0.3) is 6.08 Å². The van der Waals surface area contributed by atoms with E-state index in [1.807, 2.05) is 97.1 Å². The van der Waals surface area contributed by atoms with Gasteiger partial charge in [0.1, 0.15) is 0 Å². The maximum absolute atomic E-state index is 14.7. The Morgan fingerprint density at radius 3 is 1.82 bits per heavy atom. The van der Waals surface area contributed by atoms with E-state index in [1.54, 1.807) is 30.3 Å². The topological polar surface area (TPSA) is 58.2 Å². The van der Waals surface area contributed by atoms with Crippen LogP contribution in [0.1, 0.15) is 21.5 Å². The second-order valence-corrected chi connectivity index (χ2v) is 10.1. The normalized spacial score (nSPS) is 13.2. The van der Waals surface area contributed by atoms with E-state index in [0.717, 1.165) is 11.1 Å². The Bertz CT molecular complexity index is 1260. The summed E-state index contributed by atoms with van der Waals surface area (Å²) < 4.78 is 14.7. The first-order chi connectivity index (χ1) is 16.1. The smallest absolute Gasteiger partial charge is 0.255 e. The summed E-state index contributed by atoms with van der Waals surface area (Å²) in [5.41, 5.74) is 2.68. The molecule has 1 amide bonds. The first-order valence-corrected chi connectivity index (χ1v) is 12.4. The van der Waals surface area contributed by atoms with Crippen molar-refractivity contribution in [2.45, 2.75) is 6.54 Å². The van der Waals surface area contributed by atoms with Gasteiger partial charge < -0.3 is 5.32 Å². The summed E-state index contributed by atoms with van der Waals surface area (Å²) in [7, 11) is -3.41. The SMILES string of the molecule is O=C(N/C(=C/c1ccccc1)[P@@](=O)(NCc1ccccc1)c1ccccc1)c1ccccc1. The largest absolute Gasteiger partial charge is 0.318 e. The van der Waals surface area contributed by atoms with Gasteiger partial charge in [-0.05, 0) is 41.5 Å². The monoisotopic (exact) mass is 452 g/mol. The van der Waals surface area contributed by atoms with Crippen LogP contribution >= 0.6 is 7.29 Å². The molecule has 0 saturated heterocycles. The number of hydrogen-bond donors (Lipinski definition) is 2. The lowest BCUT2D eigenvalue weighted by molar-refractivity contribution is 0.0968. The number of carbonyl (C=O) groups is 1. The number of amides is 1. The third-order valence-electron chi connectivity index (χ3n) is 5.19. The molecular formula is C28H25N2O2P. The van der Waals surface area contributed by atoms with Gasteiger partial charge in [-0.1, -0.05) is 97.1 Å². The van der Waals surface area contributed by atoms with E-state index in [4.69, 9.17) is 0 Å². The molecule has 0 aromatic heterocycles. The van der Waals surface area contributed by atoms with Gasteiger partial charge in [0.2, 0.25) is 7.29 Å². The van der Waals surface area contributed by atoms with E-state index < -0.39 is 7.29 Å². The first kappa shape index (κ1) is 22.5. The van der Waals surface area contributed by atoms with Gasteiger partial charge in [-0.3, -0.25) is 14.4 Å². The molecule has 0 aliphatic heterocycles. The van der Waals surface area contributed by atoms with Crippen LogP contribution in [0.5, 0.6) is 0 Å². The summed E-state index contributed by atoms with van der Waals surface area (Å²) in [5.74, 6) is -0.310. The Morgan fingerprint density at radius 1 is 0.697 bits per heavy atom. The molecule has 0 radical (unpaired) electrons. The summed E-state index contributed by atoms with van der Waals surface area (Å²) in [5, 5.41) is 6.85. The first-order valence-electron chi connectivity index (χ1n) is 10.7. The third kappa shape index (κ3) is 5.75. The van der Waals surface area contributed by atoms with Gasteiger partial charge in [0.15, 0.2) is 0 Å². The van der Waals surface area contributed by atoms with Crippen LogP contribution in [-0.4, -0.2) is 5.91 Å². The van der Waals surface area contributed by atoms with Crippen LogP contribution in [0.4, 0.5) is 0 Å². The summed E-state index contributed by atoms with van der Waals surface area (Å²) in [4.78, 5) is 13.1. The molecule has 0 saturated carbocycles. The summed E-state index contributed by atoms with van der Waals surface area (Å²) in [6.45, 7) is 0.389. The maximum atomic E-state index is 14.7. The van der Waals surface area contributed by atoms with Crippen molar-refractivity contribution in [2.75, 3.05) is 0 Å². The Balaban J connectivity index is 1.77. The number of rotatable bonds is 8. The second-order valence-electron chi connectivity index (χ2n) is 7.53. The van der Waals surface area contributed by atoms with Gasteiger partial charge in [0.25, 0.3) is 5.91 Å². The van der Waals surface area contributed by atoms with Crippen molar-refractivity contribution in [1.29, 1.82) is 0 Å². The van der Waals surface area contributed by atoms with Crippen molar-refractivity contribution in [3.8, 4) is 0 Å². The van der Waals surface area contributed by atoms with Crippen LogP contribution in [0.3, 0.4) is 0 Å². The second kappa shape index (κ2) is 10.7. The zero-order valence-electron chi connectivity index (χ0n) is 18.1. The number of carbonyl (C=O) groups excluding carboxylic acids is 1. The maximum Gasteiger partial charge on any atom is 0.255 e. The molecule has 1 atom stereocenters. The van der Waals surface area contributed by atoms with Crippen molar-refractivity contribution < 1.29 is 9.36 Å². The minimum Gasteiger partial charge on any atom is -0.318 e. The van der Waals surface area contributed by atoms with Crippen molar-refractivity contribution in [2.24, 2.45) is 0 Å². The highest BCUT2D eigenvalue weighted by atomic mass is 31.2. The highest BCUT2D eigenvalue weighted by Gasteiger charge is 2.31. The van der Waals surface area contributed by atoms with E-state index >= 15 is 0 Å². The third-order valence-corrected chi connectivity index (χ3v) is 7.74. The Kier molecular flexibility index (Phi) is 7.31. The molecule has 0 heterocycles. The van der Waals surface area contributed by atoms with Gasteiger partial charge in [0.05, 0.1) is 5.44 Å². The average Bonchev–Trinajstić information content (AvgIpc) is 2.89. The quantitative estimate of drug-likeness (QED) is 0.332. The number of benzene rings is 4. The minimum absolute atomic E-state index is 0.310. The lowest BCUT2D eigenvalue weighted by Crippen LogP contribution is -2.30. The minimum atomic E-state index is -3.41. The van der Waals surface area contributed by atoms with Gasteiger partial charge in [-0.15, -0.1) is 0 Å². The lowest BCUT2D eigenvalue weighted by Gasteiger charge is -2.24. The molecule has 4 rings (SSSR count). The zero-order chi connectivity index (χ0) is 22.9. The molecule has 4 aromatic carbocycles. The molecule has 2 N–H and O–H groups in total. The molecule has 0 bridgehead atoms. The van der Waals surface area contributed by atoms with Gasteiger partial charge >= 0.3 is 0 Å².